The molecule has 1 N–H and O–H groups in total. The summed E-state index contributed by atoms with van der Waals surface area (Å²) in [6, 6.07) is 0. The molecule has 4 nitrogen and oxygen atoms in total. The number of nitrogens with zero attached hydrogens (tertiary/aromatic N) is 2. The molecule has 1 heterocycles. The van der Waals surface area contributed by atoms with E-state index in [1.807, 2.05) is 7.05 Å². The summed E-state index contributed by atoms with van der Waals surface area (Å²) >= 11 is 0. The maximum absolute atomic E-state index is 5.55. The van der Waals surface area contributed by atoms with Crippen LogP contribution in [0, 0.1) is 0 Å². The number of nitrogens with one attached hydrogen (secondary N) is 1. The Balaban J connectivity index is 2.76. The molecule has 0 radical (unpaired) electrons. The van der Waals surface area contributed by atoms with Gasteiger partial charge in [-0.15, -0.1) is 0 Å². The number of aromatic nitrogens is 2. The molecule has 0 bridgehead atoms. The van der Waals surface area contributed by atoms with Crippen molar-refractivity contribution in [1.82, 2.24) is 15.1 Å². The normalized spacial score (nSPS) is 11.1. The van der Waals surface area contributed by atoms with Crippen LogP contribution in [0.5, 0.6) is 0 Å². The molecule has 1 rings (SSSR count). The van der Waals surface area contributed by atoms with Gasteiger partial charge >= 0.3 is 0 Å². The van der Waals surface area contributed by atoms with Crippen LogP contribution in [0.25, 0.3) is 0 Å². The van der Waals surface area contributed by atoms with Crippen molar-refractivity contribution in [3.8, 4) is 0 Å². The van der Waals surface area contributed by atoms with Gasteiger partial charge in [0.25, 0.3) is 0 Å². The zero-order valence-corrected chi connectivity index (χ0v) is 12.3. The number of hydrogen-bond donors (Lipinski definition) is 1. The molecular formula is C14H27N3O. The van der Waals surface area contributed by atoms with Gasteiger partial charge in [0.15, 0.2) is 0 Å². The Labute approximate surface area is 111 Å². The van der Waals surface area contributed by atoms with Crippen LogP contribution in [0.15, 0.2) is 0 Å². The third kappa shape index (κ3) is 3.82. The summed E-state index contributed by atoms with van der Waals surface area (Å²) in [7, 11) is 1.99. The molecule has 4 heteroatoms. The molecule has 0 atom stereocenters. The van der Waals surface area contributed by atoms with E-state index in [1.54, 1.807) is 0 Å². The first-order valence-corrected chi connectivity index (χ1v) is 7.08. The van der Waals surface area contributed by atoms with E-state index in [0.29, 0.717) is 0 Å². The minimum atomic E-state index is 0.755. The van der Waals surface area contributed by atoms with Crippen molar-refractivity contribution >= 4 is 0 Å². The van der Waals surface area contributed by atoms with Gasteiger partial charge in [0.05, 0.1) is 18.8 Å². The number of rotatable bonds is 9. The minimum Gasteiger partial charge on any atom is -0.380 e. The van der Waals surface area contributed by atoms with Gasteiger partial charge in [-0.1, -0.05) is 20.8 Å². The number of hydrogen-bond acceptors (Lipinski definition) is 3. The molecular weight excluding hydrogens is 226 g/mol. The van der Waals surface area contributed by atoms with E-state index in [1.165, 1.54) is 17.0 Å². The van der Waals surface area contributed by atoms with Crippen molar-refractivity contribution in [2.24, 2.45) is 0 Å². The van der Waals surface area contributed by atoms with Crippen molar-refractivity contribution in [2.75, 3.05) is 20.3 Å². The molecule has 1 aromatic heterocycles. The van der Waals surface area contributed by atoms with Gasteiger partial charge in [0.1, 0.15) is 0 Å². The van der Waals surface area contributed by atoms with E-state index >= 15 is 0 Å². The Morgan fingerprint density at radius 1 is 1.17 bits per heavy atom. The molecule has 1 aromatic rings. The van der Waals surface area contributed by atoms with E-state index in [9.17, 15) is 0 Å². The highest BCUT2D eigenvalue weighted by atomic mass is 16.5. The molecule has 0 aliphatic rings. The lowest BCUT2D eigenvalue weighted by Crippen LogP contribution is -2.12. The van der Waals surface area contributed by atoms with Gasteiger partial charge in [-0.05, 0) is 26.3 Å². The number of ether oxygens (including phenoxy) is 1. The van der Waals surface area contributed by atoms with Crippen LogP contribution in [-0.4, -0.2) is 30.0 Å². The first-order valence-electron chi connectivity index (χ1n) is 7.08. The first kappa shape index (κ1) is 15.2. The SMILES string of the molecule is CCCOCCn1nc(CC)c(CNC)c1CC. The van der Waals surface area contributed by atoms with Gasteiger partial charge in [-0.2, -0.15) is 5.10 Å². The third-order valence-corrected chi connectivity index (χ3v) is 3.07. The lowest BCUT2D eigenvalue weighted by atomic mass is 10.1. The third-order valence-electron chi connectivity index (χ3n) is 3.07. The van der Waals surface area contributed by atoms with Crippen molar-refractivity contribution in [1.29, 1.82) is 0 Å². The van der Waals surface area contributed by atoms with Gasteiger partial charge in [-0.25, -0.2) is 0 Å². The predicted molar refractivity (Wildman–Crippen MR) is 74.9 cm³/mol. The van der Waals surface area contributed by atoms with Gasteiger partial charge in [0, 0.05) is 24.4 Å². The lowest BCUT2D eigenvalue weighted by Gasteiger charge is -2.08. The monoisotopic (exact) mass is 253 g/mol. The van der Waals surface area contributed by atoms with E-state index in [2.05, 4.69) is 30.8 Å². The fourth-order valence-electron chi connectivity index (χ4n) is 2.23. The summed E-state index contributed by atoms with van der Waals surface area (Å²) in [5, 5.41) is 7.95. The smallest absolute Gasteiger partial charge is 0.0669 e. The Hall–Kier alpha value is -0.870. The molecule has 0 unspecified atom stereocenters. The van der Waals surface area contributed by atoms with Crippen molar-refractivity contribution in [3.05, 3.63) is 17.0 Å². The molecule has 0 spiro atoms. The van der Waals surface area contributed by atoms with Crippen LogP contribution in [0.4, 0.5) is 0 Å². The topological polar surface area (TPSA) is 39.1 Å². The van der Waals surface area contributed by atoms with Crippen molar-refractivity contribution < 1.29 is 4.74 Å². The van der Waals surface area contributed by atoms with Crippen LogP contribution in [0.3, 0.4) is 0 Å². The molecule has 0 aliphatic carbocycles. The van der Waals surface area contributed by atoms with Crippen LogP contribution in [-0.2, 0) is 30.7 Å². The average molecular weight is 253 g/mol. The summed E-state index contributed by atoms with van der Waals surface area (Å²) in [5.74, 6) is 0. The molecule has 18 heavy (non-hydrogen) atoms. The molecule has 104 valence electrons. The van der Waals surface area contributed by atoms with Crippen LogP contribution in [0.1, 0.15) is 44.1 Å². The molecule has 0 saturated carbocycles. The first-order chi connectivity index (χ1) is 8.78. The summed E-state index contributed by atoms with van der Waals surface area (Å²) in [6.45, 7) is 9.85. The highest BCUT2D eigenvalue weighted by Crippen LogP contribution is 2.16. The van der Waals surface area contributed by atoms with E-state index < -0.39 is 0 Å². The second-order valence-electron chi connectivity index (χ2n) is 4.44. The highest BCUT2D eigenvalue weighted by molar-refractivity contribution is 5.26. The second-order valence-corrected chi connectivity index (χ2v) is 4.44. The maximum atomic E-state index is 5.55. The highest BCUT2D eigenvalue weighted by Gasteiger charge is 2.14. The van der Waals surface area contributed by atoms with Crippen LogP contribution >= 0.6 is 0 Å². The van der Waals surface area contributed by atoms with Crippen LogP contribution < -0.4 is 5.32 Å². The number of aryl methyl sites for hydroxylation is 1. The average Bonchev–Trinajstić information content (AvgIpc) is 2.72. The molecule has 0 aromatic carbocycles. The van der Waals surface area contributed by atoms with Crippen molar-refractivity contribution in [2.45, 2.75) is 53.1 Å². The Bertz CT molecular complexity index is 347. The Morgan fingerprint density at radius 3 is 2.50 bits per heavy atom. The van der Waals surface area contributed by atoms with Crippen LogP contribution in [0.2, 0.25) is 0 Å². The standard InChI is InChI=1S/C14H27N3O/c1-5-9-18-10-8-17-14(7-3)12(11-15-4)13(6-2)16-17/h15H,5-11H2,1-4H3. The molecule has 0 fully saturated rings. The summed E-state index contributed by atoms with van der Waals surface area (Å²) in [4.78, 5) is 0. The fourth-order valence-corrected chi connectivity index (χ4v) is 2.23. The molecule has 0 aliphatic heterocycles. The summed E-state index contributed by atoms with van der Waals surface area (Å²) in [6.07, 6.45) is 3.09. The Morgan fingerprint density at radius 2 is 1.94 bits per heavy atom. The lowest BCUT2D eigenvalue weighted by molar-refractivity contribution is 0.123. The zero-order chi connectivity index (χ0) is 13.4. The molecule has 0 saturated heterocycles. The van der Waals surface area contributed by atoms with E-state index in [0.717, 1.165) is 45.6 Å². The van der Waals surface area contributed by atoms with Crippen molar-refractivity contribution in [3.63, 3.8) is 0 Å². The summed E-state index contributed by atoms with van der Waals surface area (Å²) in [5.41, 5.74) is 3.94. The van der Waals surface area contributed by atoms with Gasteiger partial charge in [-0.3, -0.25) is 4.68 Å². The fraction of sp³-hybridized carbons (Fsp3) is 0.786. The maximum Gasteiger partial charge on any atom is 0.0669 e. The van der Waals surface area contributed by atoms with E-state index in [-0.39, 0.29) is 0 Å². The zero-order valence-electron chi connectivity index (χ0n) is 12.3. The molecule has 0 amide bonds. The second kappa shape index (κ2) is 8.27. The van der Waals surface area contributed by atoms with E-state index in [4.69, 9.17) is 9.84 Å². The predicted octanol–water partition coefficient (Wildman–Crippen LogP) is 2.15. The quantitative estimate of drug-likeness (QED) is 0.685. The Kier molecular flexibility index (Phi) is 6.98. The summed E-state index contributed by atoms with van der Waals surface area (Å²) < 4.78 is 7.68. The van der Waals surface area contributed by atoms with Gasteiger partial charge in [0.2, 0.25) is 0 Å². The largest absolute Gasteiger partial charge is 0.380 e. The minimum absolute atomic E-state index is 0.755. The van der Waals surface area contributed by atoms with Gasteiger partial charge < -0.3 is 10.1 Å².